The van der Waals surface area contributed by atoms with Crippen LogP contribution in [0.5, 0.6) is 0 Å². The molecule has 0 saturated carbocycles. The Labute approximate surface area is 110 Å². The molecule has 1 rings (SSSR count). The Morgan fingerprint density at radius 1 is 1.44 bits per heavy atom. The highest BCUT2D eigenvalue weighted by atomic mass is 35.5. The molecule has 0 atom stereocenters. The van der Waals surface area contributed by atoms with Gasteiger partial charge in [0.05, 0.1) is 17.3 Å². The molecule has 0 aliphatic carbocycles. The van der Waals surface area contributed by atoms with Gasteiger partial charge in [-0.25, -0.2) is 0 Å². The van der Waals surface area contributed by atoms with E-state index in [4.69, 9.17) is 22.1 Å². The number of nitrogen functional groups attached to an aromatic ring is 1. The Bertz CT molecular complexity index is 463. The fourth-order valence-corrected chi connectivity index (χ4v) is 1.53. The summed E-state index contributed by atoms with van der Waals surface area (Å²) in [7, 11) is 1.52. The molecule has 0 aromatic heterocycles. The van der Waals surface area contributed by atoms with Crippen LogP contribution in [0, 0.1) is 0 Å². The Morgan fingerprint density at radius 3 is 2.67 bits per heavy atom. The minimum atomic E-state index is -0.449. The molecule has 2 N–H and O–H groups in total. The second kappa shape index (κ2) is 6.26. The van der Waals surface area contributed by atoms with Crippen LogP contribution in [0.25, 0.3) is 0 Å². The van der Waals surface area contributed by atoms with E-state index in [9.17, 15) is 9.59 Å². The normalized spacial score (nSPS) is 9.94. The van der Waals surface area contributed by atoms with E-state index < -0.39 is 5.97 Å². The fourth-order valence-electron chi connectivity index (χ4n) is 1.35. The second-order valence-corrected chi connectivity index (χ2v) is 4.11. The number of anilines is 1. The van der Waals surface area contributed by atoms with E-state index in [0.29, 0.717) is 16.3 Å². The third kappa shape index (κ3) is 3.63. The summed E-state index contributed by atoms with van der Waals surface area (Å²) in [6, 6.07) is 4.58. The van der Waals surface area contributed by atoms with Gasteiger partial charge in [0, 0.05) is 12.6 Å². The van der Waals surface area contributed by atoms with Gasteiger partial charge in [0.25, 0.3) is 5.91 Å². The third-order valence-corrected chi connectivity index (χ3v) is 2.59. The maximum Gasteiger partial charge on any atom is 0.325 e. The highest BCUT2D eigenvalue weighted by molar-refractivity contribution is 6.33. The summed E-state index contributed by atoms with van der Waals surface area (Å²) in [4.78, 5) is 24.5. The average molecular weight is 271 g/mol. The predicted octanol–water partition coefficient (Wildman–Crippen LogP) is 1.56. The Kier molecular flexibility index (Phi) is 4.97. The molecule has 0 radical (unpaired) electrons. The summed E-state index contributed by atoms with van der Waals surface area (Å²) in [5, 5.41) is 0.311. The lowest BCUT2D eigenvalue weighted by atomic mass is 10.2. The number of esters is 1. The molecule has 1 aromatic carbocycles. The van der Waals surface area contributed by atoms with Gasteiger partial charge in [-0.1, -0.05) is 11.6 Å². The second-order valence-electron chi connectivity index (χ2n) is 3.70. The zero-order chi connectivity index (χ0) is 13.7. The third-order valence-electron chi connectivity index (χ3n) is 2.27. The summed E-state index contributed by atoms with van der Waals surface area (Å²) in [5.74, 6) is -0.764. The number of rotatable bonds is 4. The monoisotopic (exact) mass is 270 g/mol. The molecule has 0 bridgehead atoms. The Balaban J connectivity index is 2.74. The van der Waals surface area contributed by atoms with Crippen molar-refractivity contribution in [1.29, 1.82) is 0 Å². The highest BCUT2D eigenvalue weighted by Crippen LogP contribution is 2.20. The van der Waals surface area contributed by atoms with E-state index in [1.54, 1.807) is 19.1 Å². The number of benzene rings is 1. The number of hydrogen-bond donors (Lipinski definition) is 1. The first kappa shape index (κ1) is 14.3. The van der Waals surface area contributed by atoms with Gasteiger partial charge in [0.2, 0.25) is 0 Å². The summed E-state index contributed by atoms with van der Waals surface area (Å²) in [6.07, 6.45) is 0. The van der Waals surface area contributed by atoms with Gasteiger partial charge in [0.15, 0.2) is 0 Å². The molecule has 0 aliphatic heterocycles. The lowest BCUT2D eigenvalue weighted by molar-refractivity contribution is -0.143. The number of nitrogens with two attached hydrogens (primary N) is 1. The molecule has 0 fully saturated rings. The quantitative estimate of drug-likeness (QED) is 0.666. The number of ether oxygens (including phenoxy) is 1. The average Bonchev–Trinajstić information content (AvgIpc) is 2.32. The first-order valence-electron chi connectivity index (χ1n) is 5.41. The number of likely N-dealkylation sites (N-methyl/N-ethyl adjacent to an activating group) is 1. The van der Waals surface area contributed by atoms with Crippen LogP contribution in [-0.4, -0.2) is 37.0 Å². The van der Waals surface area contributed by atoms with Gasteiger partial charge in [-0.2, -0.15) is 0 Å². The molecular formula is C12H15ClN2O3. The Morgan fingerprint density at radius 2 is 2.11 bits per heavy atom. The molecule has 0 aliphatic rings. The summed E-state index contributed by atoms with van der Waals surface area (Å²) < 4.78 is 4.76. The molecule has 0 heterocycles. The number of hydrogen-bond acceptors (Lipinski definition) is 4. The van der Waals surface area contributed by atoms with Crippen LogP contribution in [0.3, 0.4) is 0 Å². The smallest absolute Gasteiger partial charge is 0.325 e. The van der Waals surface area contributed by atoms with Gasteiger partial charge in [-0.05, 0) is 25.1 Å². The summed E-state index contributed by atoms with van der Waals surface area (Å²) >= 11 is 5.83. The van der Waals surface area contributed by atoms with E-state index in [2.05, 4.69) is 0 Å². The van der Waals surface area contributed by atoms with Crippen molar-refractivity contribution in [3.05, 3.63) is 28.8 Å². The van der Waals surface area contributed by atoms with Crippen molar-refractivity contribution < 1.29 is 14.3 Å². The van der Waals surface area contributed by atoms with Crippen molar-refractivity contribution in [2.24, 2.45) is 0 Å². The van der Waals surface area contributed by atoms with Crippen LogP contribution in [0.2, 0.25) is 5.02 Å². The van der Waals surface area contributed by atoms with E-state index >= 15 is 0 Å². The first-order valence-corrected chi connectivity index (χ1v) is 5.79. The number of carbonyl (C=O) groups is 2. The van der Waals surface area contributed by atoms with E-state index in [0.717, 1.165) is 0 Å². The molecule has 18 heavy (non-hydrogen) atoms. The van der Waals surface area contributed by atoms with Crippen LogP contribution in [0.4, 0.5) is 5.69 Å². The number of nitrogens with zero attached hydrogens (tertiary/aromatic N) is 1. The topological polar surface area (TPSA) is 72.6 Å². The molecule has 6 heteroatoms. The largest absolute Gasteiger partial charge is 0.465 e. The van der Waals surface area contributed by atoms with Crippen LogP contribution in [-0.2, 0) is 9.53 Å². The fraction of sp³-hybridized carbons (Fsp3) is 0.333. The number of halogens is 1. The van der Waals surface area contributed by atoms with Crippen LogP contribution < -0.4 is 5.73 Å². The van der Waals surface area contributed by atoms with Crippen molar-refractivity contribution in [1.82, 2.24) is 4.90 Å². The molecule has 0 spiro atoms. The van der Waals surface area contributed by atoms with Crippen molar-refractivity contribution in [2.45, 2.75) is 6.92 Å². The molecule has 1 aromatic rings. The maximum absolute atomic E-state index is 12.0. The molecule has 98 valence electrons. The minimum absolute atomic E-state index is 0.103. The van der Waals surface area contributed by atoms with Crippen molar-refractivity contribution in [3.8, 4) is 0 Å². The molecule has 0 unspecified atom stereocenters. The maximum atomic E-state index is 12.0. The van der Waals surface area contributed by atoms with Crippen LogP contribution >= 0.6 is 11.6 Å². The van der Waals surface area contributed by atoms with Crippen molar-refractivity contribution >= 4 is 29.2 Å². The summed E-state index contributed by atoms with van der Waals surface area (Å²) in [5.41, 5.74) is 6.33. The van der Waals surface area contributed by atoms with Gasteiger partial charge in [-0.15, -0.1) is 0 Å². The highest BCUT2D eigenvalue weighted by Gasteiger charge is 2.16. The van der Waals surface area contributed by atoms with Crippen molar-refractivity contribution in [2.75, 3.05) is 25.9 Å². The first-order chi connectivity index (χ1) is 8.45. The zero-order valence-electron chi connectivity index (χ0n) is 10.3. The van der Waals surface area contributed by atoms with Gasteiger partial charge in [0.1, 0.15) is 6.54 Å². The van der Waals surface area contributed by atoms with Crippen LogP contribution in [0.15, 0.2) is 18.2 Å². The van der Waals surface area contributed by atoms with E-state index in [1.807, 2.05) is 0 Å². The predicted molar refractivity (Wildman–Crippen MR) is 69.5 cm³/mol. The van der Waals surface area contributed by atoms with Gasteiger partial charge >= 0.3 is 5.97 Å². The zero-order valence-corrected chi connectivity index (χ0v) is 11.0. The summed E-state index contributed by atoms with van der Waals surface area (Å²) in [6.45, 7) is 1.89. The van der Waals surface area contributed by atoms with Crippen LogP contribution in [0.1, 0.15) is 17.3 Å². The Hall–Kier alpha value is -1.75. The minimum Gasteiger partial charge on any atom is -0.465 e. The molecule has 5 nitrogen and oxygen atoms in total. The van der Waals surface area contributed by atoms with E-state index in [1.165, 1.54) is 18.0 Å². The lowest BCUT2D eigenvalue weighted by Gasteiger charge is -2.16. The van der Waals surface area contributed by atoms with E-state index in [-0.39, 0.29) is 19.1 Å². The number of carbonyl (C=O) groups excluding carboxylic acids is 2. The van der Waals surface area contributed by atoms with Crippen molar-refractivity contribution in [3.63, 3.8) is 0 Å². The SMILES string of the molecule is CCOC(=O)CN(C)C(=O)c1ccc(N)c(Cl)c1. The lowest BCUT2D eigenvalue weighted by Crippen LogP contribution is -2.33. The number of amides is 1. The molecular weight excluding hydrogens is 256 g/mol. The molecule has 0 saturated heterocycles. The molecule has 1 amide bonds. The standard InChI is InChI=1S/C12H15ClN2O3/c1-3-18-11(16)7-15(2)12(17)8-4-5-10(14)9(13)6-8/h4-6H,3,7,14H2,1-2H3. The van der Waals surface area contributed by atoms with Gasteiger partial charge < -0.3 is 15.4 Å². The van der Waals surface area contributed by atoms with Gasteiger partial charge in [-0.3, -0.25) is 9.59 Å².